The quantitative estimate of drug-likeness (QED) is 0.318. The van der Waals surface area contributed by atoms with Gasteiger partial charge in [-0.25, -0.2) is 8.78 Å². The highest BCUT2D eigenvalue weighted by molar-refractivity contribution is 7.80. The molecule has 1 unspecified atom stereocenters. The largest absolute Gasteiger partial charge is 0.493 e. The van der Waals surface area contributed by atoms with Crippen LogP contribution >= 0.6 is 12.2 Å². The third kappa shape index (κ3) is 5.74. The van der Waals surface area contributed by atoms with Crippen LogP contribution in [0.15, 0.2) is 18.2 Å². The summed E-state index contributed by atoms with van der Waals surface area (Å²) < 4.78 is 42.3. The lowest BCUT2D eigenvalue weighted by Gasteiger charge is -2.42. The highest BCUT2D eigenvalue weighted by Gasteiger charge is 2.48. The zero-order valence-electron chi connectivity index (χ0n) is 18.6. The number of ether oxygens (including phenoxy) is 3. The Morgan fingerprint density at radius 2 is 2.06 bits per heavy atom. The fourth-order valence-electron chi connectivity index (χ4n) is 4.92. The molecule has 9 heteroatoms. The predicted octanol–water partition coefficient (Wildman–Crippen LogP) is 3.87. The number of carbonyl (C=O) groups excluding carboxylic acids is 1. The van der Waals surface area contributed by atoms with Crippen molar-refractivity contribution in [1.29, 1.82) is 0 Å². The van der Waals surface area contributed by atoms with Gasteiger partial charge in [0.1, 0.15) is 5.75 Å². The lowest BCUT2D eigenvalue weighted by atomic mass is 9.68. The van der Waals surface area contributed by atoms with Crippen LogP contribution in [0.2, 0.25) is 0 Å². The van der Waals surface area contributed by atoms with E-state index in [2.05, 4.69) is 11.4 Å². The molecule has 1 saturated carbocycles. The molecule has 1 aromatic carbocycles. The van der Waals surface area contributed by atoms with Crippen molar-refractivity contribution in [2.45, 2.75) is 57.1 Å². The smallest absolute Gasteiger partial charge is 0.256 e. The molecular formula is C23H32F2N2O4S. The van der Waals surface area contributed by atoms with Gasteiger partial charge in [0.2, 0.25) is 6.41 Å². The van der Waals surface area contributed by atoms with Gasteiger partial charge < -0.3 is 19.5 Å². The van der Waals surface area contributed by atoms with Crippen molar-refractivity contribution < 1.29 is 27.8 Å². The van der Waals surface area contributed by atoms with E-state index in [9.17, 15) is 13.6 Å². The number of hydrogen-bond donors (Lipinski definition) is 1. The number of methoxy groups -OCH3 is 2. The molecule has 1 spiro atoms. The van der Waals surface area contributed by atoms with Crippen LogP contribution in [0.25, 0.3) is 0 Å². The zero-order valence-corrected chi connectivity index (χ0v) is 19.5. The van der Waals surface area contributed by atoms with Crippen molar-refractivity contribution in [3.05, 3.63) is 29.3 Å². The van der Waals surface area contributed by atoms with Gasteiger partial charge in [-0.2, -0.15) is 0 Å². The van der Waals surface area contributed by atoms with Gasteiger partial charge in [-0.15, -0.1) is 0 Å². The Morgan fingerprint density at radius 1 is 1.31 bits per heavy atom. The highest BCUT2D eigenvalue weighted by Crippen LogP contribution is 2.55. The van der Waals surface area contributed by atoms with E-state index in [1.807, 2.05) is 12.1 Å². The third-order valence-corrected chi connectivity index (χ3v) is 6.95. The summed E-state index contributed by atoms with van der Waals surface area (Å²) in [6, 6.07) is 5.87. The van der Waals surface area contributed by atoms with E-state index in [-0.39, 0.29) is 22.7 Å². The van der Waals surface area contributed by atoms with Crippen LogP contribution in [0, 0.1) is 5.41 Å². The van der Waals surface area contributed by atoms with Gasteiger partial charge in [-0.1, -0.05) is 6.07 Å². The summed E-state index contributed by atoms with van der Waals surface area (Å²) in [5.74, 6) is 0.750. The lowest BCUT2D eigenvalue weighted by Crippen LogP contribution is -2.47. The maximum atomic E-state index is 12.9. The molecule has 6 nitrogen and oxygen atoms in total. The van der Waals surface area contributed by atoms with E-state index >= 15 is 0 Å². The summed E-state index contributed by atoms with van der Waals surface area (Å²) in [4.78, 5) is 12.3. The Hall–Kier alpha value is -1.84. The molecule has 0 aliphatic heterocycles. The number of nitrogens with zero attached hydrogens (tertiary/aromatic N) is 1. The number of benzene rings is 1. The summed E-state index contributed by atoms with van der Waals surface area (Å²) in [5.41, 5.74) is 2.13. The van der Waals surface area contributed by atoms with Crippen molar-refractivity contribution in [2.75, 3.05) is 34.0 Å². The van der Waals surface area contributed by atoms with Crippen LogP contribution < -0.4 is 10.1 Å². The Bertz CT molecular complexity index is 787. The normalized spacial score (nSPS) is 24.4. The Labute approximate surface area is 193 Å². The second-order valence-corrected chi connectivity index (χ2v) is 8.95. The monoisotopic (exact) mass is 470 g/mol. The second-order valence-electron chi connectivity index (χ2n) is 8.56. The van der Waals surface area contributed by atoms with Gasteiger partial charge >= 0.3 is 0 Å². The van der Waals surface area contributed by atoms with Crippen molar-refractivity contribution in [1.82, 2.24) is 10.2 Å². The number of carbonyl (C=O) groups is 1. The molecule has 0 aromatic heterocycles. The number of thiocarbonyl (C=S) groups is 1. The van der Waals surface area contributed by atoms with Gasteiger partial charge in [-0.05, 0) is 73.0 Å². The molecule has 1 atom stereocenters. The first-order valence-corrected chi connectivity index (χ1v) is 11.4. The molecule has 178 valence electrons. The molecule has 1 fully saturated rings. The maximum absolute atomic E-state index is 12.9. The number of halogens is 2. The summed E-state index contributed by atoms with van der Waals surface area (Å²) >= 11 is 5.37. The van der Waals surface area contributed by atoms with Gasteiger partial charge in [0.05, 0.1) is 25.3 Å². The molecule has 2 aliphatic rings. The van der Waals surface area contributed by atoms with Crippen LogP contribution in [-0.4, -0.2) is 62.9 Å². The third-order valence-electron chi connectivity index (χ3n) is 6.60. The number of alkyl halides is 2. The number of fused-ring (bicyclic) bond motifs is 1. The van der Waals surface area contributed by atoms with E-state index < -0.39 is 13.0 Å². The topological polar surface area (TPSA) is 60.0 Å². The Kier molecular flexibility index (Phi) is 8.79. The van der Waals surface area contributed by atoms with Crippen LogP contribution in [0.4, 0.5) is 8.78 Å². The summed E-state index contributed by atoms with van der Waals surface area (Å²) in [6.45, 7) is 0.437. The Balaban J connectivity index is 1.83. The predicted molar refractivity (Wildman–Crippen MR) is 121 cm³/mol. The van der Waals surface area contributed by atoms with E-state index in [0.29, 0.717) is 19.6 Å². The minimum Gasteiger partial charge on any atom is -0.493 e. The van der Waals surface area contributed by atoms with E-state index in [1.54, 1.807) is 14.2 Å². The summed E-state index contributed by atoms with van der Waals surface area (Å²) in [6.07, 6.45) is 3.25. The van der Waals surface area contributed by atoms with Gasteiger partial charge in [0.25, 0.3) is 6.43 Å². The fraction of sp³-hybridized carbons (Fsp3) is 0.652. The molecule has 2 aliphatic carbocycles. The minimum atomic E-state index is -2.66. The number of hydrogen-bond acceptors (Lipinski definition) is 5. The van der Waals surface area contributed by atoms with E-state index in [4.69, 9.17) is 26.4 Å². The minimum absolute atomic E-state index is 0.0257. The van der Waals surface area contributed by atoms with Crippen molar-refractivity contribution in [2.24, 2.45) is 5.41 Å². The highest BCUT2D eigenvalue weighted by atomic mass is 32.1. The number of amides is 1. The van der Waals surface area contributed by atoms with Crippen molar-refractivity contribution >= 4 is 23.7 Å². The van der Waals surface area contributed by atoms with Crippen LogP contribution in [-0.2, 0) is 20.7 Å². The SMILES string of the molecule is COCCCOc1ccc2c(c1)C(NC(=S)N(C=O)CC(F)F)C1(CCC(OC)CC1)C2. The fourth-order valence-corrected chi connectivity index (χ4v) is 5.16. The van der Waals surface area contributed by atoms with Gasteiger partial charge in [0.15, 0.2) is 5.11 Å². The molecule has 3 rings (SSSR count). The standard InChI is InChI=1S/C23H32F2N2O4S/c1-29-10-3-11-31-18-5-4-16-13-23(8-6-17(30-2)7-9-23)21(19(16)12-18)26-22(32)27(15-28)14-20(24)25/h4-5,12,15,17,20-21H,3,6-11,13-14H2,1-2H3,(H,26,32). The first-order chi connectivity index (χ1) is 15.4. The maximum Gasteiger partial charge on any atom is 0.256 e. The zero-order chi connectivity index (χ0) is 23.1. The van der Waals surface area contributed by atoms with Gasteiger partial charge in [-0.3, -0.25) is 9.69 Å². The molecule has 0 heterocycles. The summed E-state index contributed by atoms with van der Waals surface area (Å²) in [7, 11) is 3.39. The van der Waals surface area contributed by atoms with Crippen LogP contribution in [0.3, 0.4) is 0 Å². The molecule has 1 N–H and O–H groups in total. The average Bonchev–Trinajstić information content (AvgIpc) is 3.07. The number of rotatable bonds is 10. The molecule has 1 aromatic rings. The number of nitrogens with one attached hydrogen (secondary N) is 1. The van der Waals surface area contributed by atoms with Crippen molar-refractivity contribution in [3.8, 4) is 5.75 Å². The van der Waals surface area contributed by atoms with Gasteiger partial charge in [0, 0.05) is 27.2 Å². The van der Waals surface area contributed by atoms with Crippen molar-refractivity contribution in [3.63, 3.8) is 0 Å². The molecule has 1 amide bonds. The Morgan fingerprint density at radius 3 is 2.69 bits per heavy atom. The lowest BCUT2D eigenvalue weighted by molar-refractivity contribution is -0.116. The first-order valence-electron chi connectivity index (χ1n) is 11.0. The van der Waals surface area contributed by atoms with Crippen LogP contribution in [0.5, 0.6) is 5.75 Å². The van der Waals surface area contributed by atoms with E-state index in [1.165, 1.54) is 5.56 Å². The molecular weight excluding hydrogens is 438 g/mol. The second kappa shape index (κ2) is 11.3. The first kappa shape index (κ1) is 24.8. The molecule has 0 radical (unpaired) electrons. The molecule has 0 bridgehead atoms. The molecule has 32 heavy (non-hydrogen) atoms. The van der Waals surface area contributed by atoms with Crippen LogP contribution in [0.1, 0.15) is 49.3 Å². The molecule has 0 saturated heterocycles. The summed E-state index contributed by atoms with van der Waals surface area (Å²) in [5, 5.41) is 3.29. The average molecular weight is 471 g/mol. The van der Waals surface area contributed by atoms with E-state index in [0.717, 1.165) is 54.7 Å².